The molecule has 1 N–H and O–H groups in total. The van der Waals surface area contributed by atoms with Gasteiger partial charge < -0.3 is 0 Å². The average Bonchev–Trinajstić information content (AvgIpc) is 2.19. The Balaban J connectivity index is 2.62. The summed E-state index contributed by atoms with van der Waals surface area (Å²) in [6.07, 6.45) is 5.13. The lowest BCUT2D eigenvalue weighted by Crippen LogP contribution is -1.74. The average molecular weight is 108 g/mol. The number of aromatic amines is 1. The molecule has 1 aromatic rings. The molecule has 0 bridgehead atoms. The van der Waals surface area contributed by atoms with Gasteiger partial charge in [0, 0.05) is 12.6 Å². The number of H-pyrrole nitrogens is 1. The standard InChI is InChI=1S/C5H6N3/c1-2-3-5-4-6-8-7-5/h2-4H,1H2,(H,6,7,8). The van der Waals surface area contributed by atoms with Crippen LogP contribution in [-0.4, -0.2) is 15.4 Å². The number of nitrogens with one attached hydrogen (secondary N) is 1. The highest BCUT2D eigenvalue weighted by Crippen LogP contribution is 1.91. The minimum Gasteiger partial charge on any atom is -0.265 e. The molecule has 0 amide bonds. The maximum absolute atomic E-state index is 3.67. The second-order valence-electron chi connectivity index (χ2n) is 1.30. The van der Waals surface area contributed by atoms with Crippen molar-refractivity contribution in [1.29, 1.82) is 0 Å². The molecule has 0 saturated carbocycles. The van der Waals surface area contributed by atoms with Crippen LogP contribution in [0.15, 0.2) is 18.9 Å². The second-order valence-corrected chi connectivity index (χ2v) is 1.30. The zero-order valence-electron chi connectivity index (χ0n) is 4.33. The molecule has 1 radical (unpaired) electrons. The number of aromatic nitrogens is 3. The lowest BCUT2D eigenvalue weighted by molar-refractivity contribution is 0.932. The molecule has 0 unspecified atom stereocenters. The summed E-state index contributed by atoms with van der Waals surface area (Å²) in [7, 11) is 0. The van der Waals surface area contributed by atoms with Crippen LogP contribution < -0.4 is 0 Å². The van der Waals surface area contributed by atoms with Crippen LogP contribution >= 0.6 is 0 Å². The minimum absolute atomic E-state index is 0.806. The van der Waals surface area contributed by atoms with Crippen LogP contribution in [0.25, 0.3) is 0 Å². The largest absolute Gasteiger partial charge is 0.265 e. The normalized spacial score (nSPS) is 9.00. The molecular weight excluding hydrogens is 102 g/mol. The first kappa shape index (κ1) is 5.03. The number of nitrogens with zero attached hydrogens (tertiary/aromatic N) is 2. The summed E-state index contributed by atoms with van der Waals surface area (Å²) in [4.78, 5) is 0. The summed E-state index contributed by atoms with van der Waals surface area (Å²) in [6, 6.07) is 0. The second kappa shape index (κ2) is 2.26. The smallest absolute Gasteiger partial charge is 0.0902 e. The summed E-state index contributed by atoms with van der Waals surface area (Å²) < 4.78 is 0. The molecule has 0 aromatic carbocycles. The summed E-state index contributed by atoms with van der Waals surface area (Å²) in [5.41, 5.74) is 0.806. The van der Waals surface area contributed by atoms with Crippen molar-refractivity contribution < 1.29 is 0 Å². The van der Waals surface area contributed by atoms with E-state index in [9.17, 15) is 0 Å². The van der Waals surface area contributed by atoms with Gasteiger partial charge in [0.15, 0.2) is 0 Å². The number of hydrogen-bond donors (Lipinski definition) is 1. The van der Waals surface area contributed by atoms with E-state index in [0.29, 0.717) is 0 Å². The van der Waals surface area contributed by atoms with Crippen molar-refractivity contribution in [2.45, 2.75) is 0 Å². The van der Waals surface area contributed by atoms with E-state index in [1.54, 1.807) is 18.7 Å². The molecule has 1 heterocycles. The summed E-state index contributed by atoms with van der Waals surface area (Å²) >= 11 is 0. The fourth-order valence-corrected chi connectivity index (χ4v) is 0.413. The van der Waals surface area contributed by atoms with Crippen LogP contribution in [-0.2, 0) is 0 Å². The minimum atomic E-state index is 0.806. The van der Waals surface area contributed by atoms with Gasteiger partial charge in [-0.1, -0.05) is 11.3 Å². The Morgan fingerprint density at radius 3 is 3.12 bits per heavy atom. The van der Waals surface area contributed by atoms with E-state index < -0.39 is 0 Å². The number of hydrogen-bond acceptors (Lipinski definition) is 2. The van der Waals surface area contributed by atoms with Gasteiger partial charge in [0.25, 0.3) is 0 Å². The van der Waals surface area contributed by atoms with Crippen molar-refractivity contribution >= 4 is 0 Å². The van der Waals surface area contributed by atoms with Crippen molar-refractivity contribution in [3.05, 3.63) is 31.0 Å². The maximum Gasteiger partial charge on any atom is 0.0902 e. The molecular formula is C5H6N3. The highest BCUT2D eigenvalue weighted by Gasteiger charge is 1.87. The monoisotopic (exact) mass is 108 g/mol. The summed E-state index contributed by atoms with van der Waals surface area (Å²) in [6.45, 7) is 3.50. The quantitative estimate of drug-likeness (QED) is 0.600. The molecule has 8 heavy (non-hydrogen) atoms. The van der Waals surface area contributed by atoms with Gasteiger partial charge in [-0.2, -0.15) is 0 Å². The highest BCUT2D eigenvalue weighted by molar-refractivity contribution is 5.12. The van der Waals surface area contributed by atoms with E-state index >= 15 is 0 Å². The van der Waals surface area contributed by atoms with Crippen LogP contribution in [0.2, 0.25) is 0 Å². The van der Waals surface area contributed by atoms with Crippen LogP contribution in [0.4, 0.5) is 0 Å². The van der Waals surface area contributed by atoms with Crippen molar-refractivity contribution in [2.24, 2.45) is 0 Å². The third-order valence-electron chi connectivity index (χ3n) is 0.724. The third kappa shape index (κ3) is 0.932. The Labute approximate surface area is 47.4 Å². The molecule has 1 rings (SSSR count). The van der Waals surface area contributed by atoms with Crippen LogP contribution in [0.5, 0.6) is 0 Å². The molecule has 3 nitrogen and oxygen atoms in total. The topological polar surface area (TPSA) is 41.6 Å². The molecule has 3 heteroatoms. The van der Waals surface area contributed by atoms with E-state index in [2.05, 4.69) is 22.0 Å². The van der Waals surface area contributed by atoms with Gasteiger partial charge in [-0.15, -0.1) is 11.7 Å². The van der Waals surface area contributed by atoms with Gasteiger partial charge in [-0.05, 0) is 0 Å². The summed E-state index contributed by atoms with van der Waals surface area (Å²) in [5.74, 6) is 0. The van der Waals surface area contributed by atoms with Crippen molar-refractivity contribution in [3.63, 3.8) is 0 Å². The lowest BCUT2D eigenvalue weighted by Gasteiger charge is -1.76. The molecule has 41 valence electrons. The van der Waals surface area contributed by atoms with E-state index in [-0.39, 0.29) is 0 Å². The van der Waals surface area contributed by atoms with E-state index in [0.717, 1.165) is 5.69 Å². The first-order valence-electron chi connectivity index (χ1n) is 2.25. The molecule has 0 fully saturated rings. The predicted octanol–water partition coefficient (Wildman–Crippen LogP) is 0.543. The molecule has 0 aliphatic carbocycles. The fraction of sp³-hybridized carbons (Fsp3) is 0. The molecule has 0 aliphatic heterocycles. The van der Waals surface area contributed by atoms with E-state index in [4.69, 9.17) is 0 Å². The number of allylic oxidation sites excluding steroid dienone is 1. The lowest BCUT2D eigenvalue weighted by atomic mass is 10.3. The van der Waals surface area contributed by atoms with Crippen LogP contribution in [0.3, 0.4) is 0 Å². The predicted molar refractivity (Wildman–Crippen MR) is 30.0 cm³/mol. The fourth-order valence-electron chi connectivity index (χ4n) is 0.413. The van der Waals surface area contributed by atoms with Gasteiger partial charge in [-0.25, -0.2) is 0 Å². The molecule has 0 atom stereocenters. The first-order valence-corrected chi connectivity index (χ1v) is 2.25. The SMILES string of the molecule is C=C[CH]c1c[nH]nn1. The molecule has 0 aliphatic rings. The third-order valence-corrected chi connectivity index (χ3v) is 0.724. The van der Waals surface area contributed by atoms with Crippen LogP contribution in [0, 0.1) is 6.42 Å². The van der Waals surface area contributed by atoms with Gasteiger partial charge in [-0.3, -0.25) is 5.10 Å². The first-order chi connectivity index (χ1) is 3.93. The molecule has 0 spiro atoms. The van der Waals surface area contributed by atoms with Gasteiger partial charge in [0.2, 0.25) is 0 Å². The van der Waals surface area contributed by atoms with Crippen molar-refractivity contribution in [2.75, 3.05) is 0 Å². The van der Waals surface area contributed by atoms with Gasteiger partial charge >= 0.3 is 0 Å². The van der Waals surface area contributed by atoms with Crippen molar-refractivity contribution in [3.8, 4) is 0 Å². The Morgan fingerprint density at radius 1 is 1.75 bits per heavy atom. The molecule has 1 aromatic heterocycles. The highest BCUT2D eigenvalue weighted by atomic mass is 15.3. The van der Waals surface area contributed by atoms with E-state index in [1.807, 2.05) is 0 Å². The summed E-state index contributed by atoms with van der Waals surface area (Å²) in [5, 5.41) is 9.73. The zero-order valence-corrected chi connectivity index (χ0v) is 4.33. The Bertz CT molecular complexity index is 154. The Hall–Kier alpha value is -1.12. The van der Waals surface area contributed by atoms with Gasteiger partial charge in [0.05, 0.1) is 5.69 Å². The Kier molecular flexibility index (Phi) is 1.42. The number of rotatable bonds is 2. The zero-order chi connectivity index (χ0) is 5.82. The van der Waals surface area contributed by atoms with Gasteiger partial charge in [0.1, 0.15) is 0 Å². The maximum atomic E-state index is 3.67. The van der Waals surface area contributed by atoms with E-state index in [1.165, 1.54) is 0 Å². The van der Waals surface area contributed by atoms with Crippen molar-refractivity contribution in [1.82, 2.24) is 15.4 Å². The molecule has 0 saturated heterocycles. The van der Waals surface area contributed by atoms with Crippen LogP contribution in [0.1, 0.15) is 5.69 Å². The Morgan fingerprint density at radius 2 is 2.62 bits per heavy atom.